The molecule has 2 amide bonds. The topological polar surface area (TPSA) is 153 Å². The molecule has 0 heterocycles. The Labute approximate surface area is 112 Å². The van der Waals surface area contributed by atoms with Gasteiger partial charge < -0.3 is 20.1 Å². The zero-order valence-electron chi connectivity index (χ0n) is 10.1. The molecule has 20 heavy (non-hydrogen) atoms. The molecule has 11 heteroatoms. The molecule has 0 fully saturated rings. The molecule has 0 spiro atoms. The summed E-state index contributed by atoms with van der Waals surface area (Å²) in [4.78, 5) is 58.0. The van der Waals surface area contributed by atoms with E-state index in [-0.39, 0.29) is 0 Å². The molecule has 0 saturated heterocycles. The second-order valence-corrected chi connectivity index (χ2v) is 2.82. The van der Waals surface area contributed by atoms with Crippen molar-refractivity contribution in [1.29, 1.82) is 0 Å². The number of hydrogen-bond acceptors (Lipinski definition) is 9. The largest absolute Gasteiger partial charge is 0.443 e. The normalized spacial score (nSPS) is 8.40. The Morgan fingerprint density at radius 2 is 1.25 bits per heavy atom. The van der Waals surface area contributed by atoms with Gasteiger partial charge in [-0.1, -0.05) is 0 Å². The van der Waals surface area contributed by atoms with E-state index in [0.717, 1.165) is 12.2 Å². The van der Waals surface area contributed by atoms with Gasteiger partial charge in [-0.25, -0.2) is 24.0 Å². The number of isocyanates is 2. The smallest absolute Gasteiger partial charge is 0.330 e. The van der Waals surface area contributed by atoms with Crippen molar-refractivity contribution in [3.63, 3.8) is 0 Å². The Bertz CT molecular complexity index is 411. The van der Waals surface area contributed by atoms with Crippen LogP contribution in [0, 0.1) is 0 Å². The van der Waals surface area contributed by atoms with E-state index in [1.54, 1.807) is 0 Å². The average Bonchev–Trinajstić information content (AvgIpc) is 2.42. The number of urea groups is 1. The zero-order valence-corrected chi connectivity index (χ0v) is 10.1. The van der Waals surface area contributed by atoms with Crippen molar-refractivity contribution < 1.29 is 33.4 Å². The molecular weight excluding hydrogens is 276 g/mol. The Morgan fingerprint density at radius 3 is 1.60 bits per heavy atom. The third-order valence-corrected chi connectivity index (χ3v) is 1.48. The highest BCUT2D eigenvalue weighted by atomic mass is 16.5. The molecular formula is C9H10N4O7. The first-order chi connectivity index (χ1) is 9.60. The minimum atomic E-state index is -0.827. The van der Waals surface area contributed by atoms with E-state index in [2.05, 4.69) is 30.1 Å². The number of ether oxygens (including phenoxy) is 2. The summed E-state index contributed by atoms with van der Waals surface area (Å²) in [5.74, 6) is -1.65. The monoisotopic (exact) mass is 286 g/mol. The predicted molar refractivity (Wildman–Crippen MR) is 59.6 cm³/mol. The first kappa shape index (κ1) is 17.0. The van der Waals surface area contributed by atoms with Crippen molar-refractivity contribution >= 4 is 30.1 Å². The highest BCUT2D eigenvalue weighted by Crippen LogP contribution is 1.79. The maximum absolute atomic E-state index is 11.1. The second-order valence-electron chi connectivity index (χ2n) is 2.82. The third-order valence-electron chi connectivity index (χ3n) is 1.48. The number of nitrogens with one attached hydrogen (secondary N) is 2. The van der Waals surface area contributed by atoms with E-state index in [1.165, 1.54) is 0 Å². The molecule has 0 aromatic rings. The maximum atomic E-state index is 11.1. The summed E-state index contributed by atoms with van der Waals surface area (Å²) in [7, 11) is 0. The molecule has 0 aliphatic heterocycles. The zero-order chi connectivity index (χ0) is 15.2. The van der Waals surface area contributed by atoms with Gasteiger partial charge in [0, 0.05) is 0 Å². The number of aliphatic imine (C=N–C) groups is 2. The fraction of sp³-hybridized carbons (Fsp3) is 0.444. The van der Waals surface area contributed by atoms with Crippen LogP contribution < -0.4 is 10.6 Å². The Hall–Kier alpha value is -3.03. The van der Waals surface area contributed by atoms with Gasteiger partial charge in [-0.2, -0.15) is 9.98 Å². The molecule has 0 aromatic heterocycles. The van der Waals surface area contributed by atoms with Crippen molar-refractivity contribution in [2.24, 2.45) is 9.98 Å². The summed E-state index contributed by atoms with van der Waals surface area (Å²) in [5, 5.41) is 4.19. The lowest BCUT2D eigenvalue weighted by Gasteiger charge is -2.07. The first-order valence-corrected chi connectivity index (χ1v) is 5.00. The summed E-state index contributed by atoms with van der Waals surface area (Å²) in [6, 6.07) is -0.775. The molecule has 0 unspecified atom stereocenters. The first-order valence-electron chi connectivity index (χ1n) is 5.00. The minimum Gasteiger partial charge on any atom is -0.443 e. The summed E-state index contributed by atoms with van der Waals surface area (Å²) < 4.78 is 8.89. The van der Waals surface area contributed by atoms with Crippen molar-refractivity contribution in [3.05, 3.63) is 0 Å². The Kier molecular flexibility index (Phi) is 9.40. The van der Waals surface area contributed by atoms with E-state index in [4.69, 9.17) is 0 Å². The number of carbonyl (C=O) groups is 3. The van der Waals surface area contributed by atoms with Crippen molar-refractivity contribution in [2.45, 2.75) is 0 Å². The molecule has 0 aromatic carbocycles. The van der Waals surface area contributed by atoms with Gasteiger partial charge >= 0.3 is 18.0 Å². The van der Waals surface area contributed by atoms with E-state index in [1.807, 2.05) is 0 Å². The van der Waals surface area contributed by atoms with Crippen LogP contribution in [0.1, 0.15) is 0 Å². The summed E-state index contributed by atoms with van der Waals surface area (Å²) in [5.41, 5.74) is 0. The summed E-state index contributed by atoms with van der Waals surface area (Å²) >= 11 is 0. The van der Waals surface area contributed by atoms with Gasteiger partial charge in [-0.15, -0.1) is 0 Å². The summed E-state index contributed by atoms with van der Waals surface area (Å²) in [6.45, 7) is -1.91. The average molecular weight is 286 g/mol. The van der Waals surface area contributed by atoms with Gasteiger partial charge in [0.25, 0.3) is 0 Å². The lowest BCUT2D eigenvalue weighted by molar-refractivity contribution is -0.142. The molecule has 11 nitrogen and oxygen atoms in total. The number of hydrogen-bond donors (Lipinski definition) is 2. The van der Waals surface area contributed by atoms with E-state index < -0.39 is 44.5 Å². The molecule has 0 rings (SSSR count). The SMILES string of the molecule is O=C=NCC(=O)OCNC(=O)NCOC(=O)CN=C=O. The van der Waals surface area contributed by atoms with Crippen molar-refractivity contribution in [1.82, 2.24) is 10.6 Å². The van der Waals surface area contributed by atoms with Crippen LogP contribution in [0.25, 0.3) is 0 Å². The third kappa shape index (κ3) is 10.1. The van der Waals surface area contributed by atoms with Gasteiger partial charge in [0.15, 0.2) is 13.5 Å². The molecule has 108 valence electrons. The number of nitrogens with zero attached hydrogens (tertiary/aromatic N) is 2. The molecule has 0 aliphatic carbocycles. The molecule has 0 atom stereocenters. The molecule has 0 saturated carbocycles. The number of carbonyl (C=O) groups excluding carboxylic acids is 5. The van der Waals surface area contributed by atoms with Gasteiger partial charge in [0.2, 0.25) is 12.2 Å². The van der Waals surface area contributed by atoms with Crippen LogP contribution in [0.15, 0.2) is 9.98 Å². The summed E-state index contributed by atoms with van der Waals surface area (Å²) in [6.07, 6.45) is 2.29. The molecule has 0 radical (unpaired) electrons. The fourth-order valence-corrected chi connectivity index (χ4v) is 0.712. The highest BCUT2D eigenvalue weighted by Gasteiger charge is 2.05. The number of rotatable bonds is 8. The number of amides is 2. The van der Waals surface area contributed by atoms with Crippen molar-refractivity contribution in [3.8, 4) is 0 Å². The van der Waals surface area contributed by atoms with Crippen LogP contribution >= 0.6 is 0 Å². The minimum absolute atomic E-state index is 0.456. The Morgan fingerprint density at radius 1 is 0.850 bits per heavy atom. The number of esters is 2. The van der Waals surface area contributed by atoms with Crippen LogP contribution in [0.2, 0.25) is 0 Å². The van der Waals surface area contributed by atoms with E-state index >= 15 is 0 Å². The quantitative estimate of drug-likeness (QED) is 0.225. The van der Waals surface area contributed by atoms with E-state index in [0.29, 0.717) is 0 Å². The van der Waals surface area contributed by atoms with Gasteiger partial charge in [0.05, 0.1) is 0 Å². The van der Waals surface area contributed by atoms with Crippen LogP contribution in [-0.2, 0) is 28.7 Å². The van der Waals surface area contributed by atoms with Crippen LogP contribution in [0.5, 0.6) is 0 Å². The van der Waals surface area contributed by atoms with Gasteiger partial charge in [-0.3, -0.25) is 0 Å². The standard InChI is InChI=1S/C9H10N4O7/c14-3-10-1-7(16)19-5-12-9(18)13-6-20-8(17)2-11-4-15/h1-2,5-6H2,(H2,12,13,18). The van der Waals surface area contributed by atoms with Crippen molar-refractivity contribution in [2.75, 3.05) is 26.6 Å². The predicted octanol–water partition coefficient (Wildman–Crippen LogP) is -2.04. The van der Waals surface area contributed by atoms with Crippen LogP contribution in [-0.4, -0.2) is 56.7 Å². The Balaban J connectivity index is 3.64. The second kappa shape index (κ2) is 11.1. The maximum Gasteiger partial charge on any atom is 0.330 e. The lowest BCUT2D eigenvalue weighted by atomic mass is 10.7. The van der Waals surface area contributed by atoms with E-state index in [9.17, 15) is 24.0 Å². The molecule has 0 bridgehead atoms. The molecule has 2 N–H and O–H groups in total. The van der Waals surface area contributed by atoms with Crippen LogP contribution in [0.3, 0.4) is 0 Å². The lowest BCUT2D eigenvalue weighted by Crippen LogP contribution is -2.39. The molecule has 0 aliphatic rings. The fourth-order valence-electron chi connectivity index (χ4n) is 0.712. The van der Waals surface area contributed by atoms with Crippen LogP contribution in [0.4, 0.5) is 4.79 Å². The highest BCUT2D eigenvalue weighted by molar-refractivity contribution is 5.76. The van der Waals surface area contributed by atoms with Gasteiger partial charge in [0.1, 0.15) is 13.1 Å². The van der Waals surface area contributed by atoms with Gasteiger partial charge in [-0.05, 0) is 0 Å².